The lowest BCUT2D eigenvalue weighted by Gasteiger charge is -2.31. The summed E-state index contributed by atoms with van der Waals surface area (Å²) in [6, 6.07) is 6.11. The Balaban J connectivity index is 1.33. The van der Waals surface area contributed by atoms with E-state index in [2.05, 4.69) is 20.2 Å². The Morgan fingerprint density at radius 3 is 2.54 bits per heavy atom. The van der Waals surface area contributed by atoms with Gasteiger partial charge in [0.2, 0.25) is 0 Å². The van der Waals surface area contributed by atoms with Gasteiger partial charge in [-0.1, -0.05) is 12.1 Å². The number of halogens is 1. The van der Waals surface area contributed by atoms with Crippen LogP contribution >= 0.6 is 0 Å². The fraction of sp³-hybridized carbons (Fsp3) is 0.500. The summed E-state index contributed by atoms with van der Waals surface area (Å²) in [5, 5.41) is 2.86. The first-order chi connectivity index (χ1) is 13.6. The van der Waals surface area contributed by atoms with Gasteiger partial charge in [0.05, 0.1) is 11.3 Å². The second-order valence-corrected chi connectivity index (χ2v) is 8.05. The topological polar surface area (TPSA) is 58.1 Å². The highest BCUT2D eigenvalue weighted by Crippen LogP contribution is 2.32. The Morgan fingerprint density at radius 2 is 1.89 bits per heavy atom. The number of piperidine rings is 1. The maximum Gasteiger partial charge on any atom is 0.254 e. The number of nitrogens with zero attached hydrogens (tertiary/aromatic N) is 3. The van der Waals surface area contributed by atoms with Gasteiger partial charge in [0.15, 0.2) is 0 Å². The molecule has 0 spiro atoms. The van der Waals surface area contributed by atoms with Crippen LogP contribution in [0.4, 0.5) is 4.39 Å². The molecule has 1 N–H and O–H groups in total. The van der Waals surface area contributed by atoms with E-state index < -0.39 is 0 Å². The third-order valence-corrected chi connectivity index (χ3v) is 5.77. The molecule has 5 nitrogen and oxygen atoms in total. The Morgan fingerprint density at radius 1 is 1.18 bits per heavy atom. The molecular formula is C22H27FN4O. The first-order valence-corrected chi connectivity index (χ1v) is 10.2. The predicted octanol–water partition coefficient (Wildman–Crippen LogP) is 3.44. The molecule has 2 aromatic rings. The van der Waals surface area contributed by atoms with Crippen LogP contribution in [0.5, 0.6) is 0 Å². The molecule has 1 saturated carbocycles. The van der Waals surface area contributed by atoms with Crippen molar-refractivity contribution in [3.05, 3.63) is 58.9 Å². The molecule has 28 heavy (non-hydrogen) atoms. The van der Waals surface area contributed by atoms with Gasteiger partial charge in [-0.15, -0.1) is 0 Å². The van der Waals surface area contributed by atoms with E-state index >= 15 is 0 Å². The lowest BCUT2D eigenvalue weighted by molar-refractivity contribution is 0.0949. The van der Waals surface area contributed by atoms with Crippen LogP contribution in [-0.2, 0) is 6.54 Å². The third-order valence-electron chi connectivity index (χ3n) is 5.77. The molecule has 1 aromatic heterocycles. The number of benzene rings is 1. The van der Waals surface area contributed by atoms with E-state index in [9.17, 15) is 9.18 Å². The molecule has 0 atom stereocenters. The van der Waals surface area contributed by atoms with E-state index in [0.29, 0.717) is 23.7 Å². The zero-order valence-electron chi connectivity index (χ0n) is 16.3. The number of carbonyl (C=O) groups is 1. The Labute approximate surface area is 165 Å². The average Bonchev–Trinajstić information content (AvgIpc) is 3.52. The van der Waals surface area contributed by atoms with Crippen LogP contribution in [0.2, 0.25) is 0 Å². The maximum atomic E-state index is 13.0. The number of hydrogen-bond donors (Lipinski definition) is 1. The third kappa shape index (κ3) is 4.73. The van der Waals surface area contributed by atoms with Crippen LogP contribution in [0.3, 0.4) is 0 Å². The van der Waals surface area contributed by atoms with Gasteiger partial charge >= 0.3 is 0 Å². The van der Waals surface area contributed by atoms with Crippen molar-refractivity contribution in [3.63, 3.8) is 0 Å². The minimum absolute atomic E-state index is 0.201. The van der Waals surface area contributed by atoms with Crippen LogP contribution in [0.15, 0.2) is 30.5 Å². The van der Waals surface area contributed by atoms with Gasteiger partial charge < -0.3 is 10.2 Å². The van der Waals surface area contributed by atoms with Crippen LogP contribution < -0.4 is 5.32 Å². The van der Waals surface area contributed by atoms with Crippen molar-refractivity contribution >= 4 is 5.91 Å². The van der Waals surface area contributed by atoms with Gasteiger partial charge in [-0.3, -0.25) is 4.79 Å². The Bertz CT molecular complexity index is 827. The van der Waals surface area contributed by atoms with Crippen LogP contribution in [0, 0.1) is 18.7 Å². The molecule has 148 valence electrons. The van der Waals surface area contributed by atoms with Crippen molar-refractivity contribution in [2.24, 2.45) is 5.92 Å². The molecule has 0 radical (unpaired) electrons. The van der Waals surface area contributed by atoms with E-state index in [1.807, 2.05) is 6.92 Å². The minimum Gasteiger partial charge on any atom is -0.348 e. The van der Waals surface area contributed by atoms with Crippen molar-refractivity contribution in [1.29, 1.82) is 0 Å². The maximum absolute atomic E-state index is 13.0. The quantitative estimate of drug-likeness (QED) is 0.831. The second-order valence-electron chi connectivity index (χ2n) is 8.05. The van der Waals surface area contributed by atoms with E-state index in [1.54, 1.807) is 18.3 Å². The molecule has 6 heteroatoms. The molecule has 1 aliphatic carbocycles. The second kappa shape index (κ2) is 8.35. The standard InChI is InChI=1S/C22H27FN4O/c1-15-20(22(28)25-12-16-4-6-19(23)7-5-16)13-24-21(26-15)18-8-10-27(11-9-18)14-17-2-3-17/h4-7,13,17-18H,2-3,8-12,14H2,1H3,(H,25,28). The number of amides is 1. The first kappa shape index (κ1) is 19.0. The summed E-state index contributed by atoms with van der Waals surface area (Å²) < 4.78 is 13.0. The summed E-state index contributed by atoms with van der Waals surface area (Å²) in [5.74, 6) is 1.69. The SMILES string of the molecule is Cc1nc(C2CCN(CC3CC3)CC2)ncc1C(=O)NCc1ccc(F)cc1. The van der Waals surface area contributed by atoms with Gasteiger partial charge in [-0.25, -0.2) is 14.4 Å². The lowest BCUT2D eigenvalue weighted by Crippen LogP contribution is -2.35. The molecule has 4 rings (SSSR count). The summed E-state index contributed by atoms with van der Waals surface area (Å²) in [5.41, 5.74) is 2.06. The largest absolute Gasteiger partial charge is 0.348 e. The molecule has 1 amide bonds. The number of likely N-dealkylation sites (tertiary alicyclic amines) is 1. The zero-order valence-corrected chi connectivity index (χ0v) is 16.3. The van der Waals surface area contributed by atoms with Crippen molar-refractivity contribution < 1.29 is 9.18 Å². The zero-order chi connectivity index (χ0) is 19.5. The highest BCUT2D eigenvalue weighted by molar-refractivity contribution is 5.94. The molecule has 1 saturated heterocycles. The monoisotopic (exact) mass is 382 g/mol. The van der Waals surface area contributed by atoms with E-state index in [0.717, 1.165) is 43.2 Å². The molecule has 2 heterocycles. The number of nitrogens with one attached hydrogen (secondary N) is 1. The molecule has 0 unspecified atom stereocenters. The highest BCUT2D eigenvalue weighted by atomic mass is 19.1. The fourth-order valence-corrected chi connectivity index (χ4v) is 3.82. The van der Waals surface area contributed by atoms with Gasteiger partial charge in [-0.2, -0.15) is 0 Å². The van der Waals surface area contributed by atoms with Crippen LogP contribution in [0.25, 0.3) is 0 Å². The number of carbonyl (C=O) groups excluding carboxylic acids is 1. The van der Waals surface area contributed by atoms with Crippen molar-refractivity contribution in [2.45, 2.75) is 45.1 Å². The summed E-state index contributed by atoms with van der Waals surface area (Å²) in [7, 11) is 0. The summed E-state index contributed by atoms with van der Waals surface area (Å²) >= 11 is 0. The van der Waals surface area contributed by atoms with E-state index in [4.69, 9.17) is 0 Å². The number of aryl methyl sites for hydroxylation is 1. The minimum atomic E-state index is -0.284. The molecule has 1 aromatic carbocycles. The van der Waals surface area contributed by atoms with Crippen molar-refractivity contribution in [2.75, 3.05) is 19.6 Å². The van der Waals surface area contributed by atoms with E-state index in [1.165, 1.54) is 31.5 Å². The van der Waals surface area contributed by atoms with Gasteiger partial charge in [0.25, 0.3) is 5.91 Å². The van der Waals surface area contributed by atoms with Crippen LogP contribution in [-0.4, -0.2) is 40.4 Å². The molecule has 2 fully saturated rings. The van der Waals surface area contributed by atoms with Gasteiger partial charge in [-0.05, 0) is 69.3 Å². The Hall–Kier alpha value is -2.34. The fourth-order valence-electron chi connectivity index (χ4n) is 3.82. The molecule has 2 aliphatic rings. The number of aromatic nitrogens is 2. The summed E-state index contributed by atoms with van der Waals surface area (Å²) in [4.78, 5) is 24.2. The van der Waals surface area contributed by atoms with Gasteiger partial charge in [0.1, 0.15) is 11.6 Å². The predicted molar refractivity (Wildman–Crippen MR) is 105 cm³/mol. The molecule has 0 bridgehead atoms. The number of rotatable bonds is 6. The normalized spacial score (nSPS) is 18.2. The van der Waals surface area contributed by atoms with E-state index in [-0.39, 0.29) is 11.7 Å². The smallest absolute Gasteiger partial charge is 0.254 e. The average molecular weight is 382 g/mol. The number of hydrogen-bond acceptors (Lipinski definition) is 4. The molecular weight excluding hydrogens is 355 g/mol. The lowest BCUT2D eigenvalue weighted by atomic mass is 9.95. The highest BCUT2D eigenvalue weighted by Gasteiger charge is 2.28. The molecule has 1 aliphatic heterocycles. The summed E-state index contributed by atoms with van der Waals surface area (Å²) in [6.07, 6.45) is 6.61. The summed E-state index contributed by atoms with van der Waals surface area (Å²) in [6.45, 7) is 5.69. The van der Waals surface area contributed by atoms with Gasteiger partial charge in [0, 0.05) is 25.2 Å². The van der Waals surface area contributed by atoms with Crippen molar-refractivity contribution in [3.8, 4) is 0 Å². The first-order valence-electron chi connectivity index (χ1n) is 10.2. The van der Waals surface area contributed by atoms with Crippen molar-refractivity contribution in [1.82, 2.24) is 20.2 Å². The Kier molecular flexibility index (Phi) is 5.67. The van der Waals surface area contributed by atoms with Crippen LogP contribution in [0.1, 0.15) is 59.0 Å².